The summed E-state index contributed by atoms with van der Waals surface area (Å²) in [4.78, 5) is 0. The van der Waals surface area contributed by atoms with E-state index in [4.69, 9.17) is 4.42 Å². The third kappa shape index (κ3) is 1.29. The average Bonchev–Trinajstić information content (AvgIpc) is 2.36. The second kappa shape index (κ2) is 2.36. The van der Waals surface area contributed by atoms with Crippen LogP contribution in [-0.4, -0.2) is 23.8 Å². The fourth-order valence-corrected chi connectivity index (χ4v) is 1.31. The molecule has 0 amide bonds. The van der Waals surface area contributed by atoms with Crippen molar-refractivity contribution < 1.29 is 9.52 Å². The first kappa shape index (κ1) is 6.88. The van der Waals surface area contributed by atoms with E-state index in [-0.39, 0.29) is 0 Å². The highest BCUT2D eigenvalue weighted by molar-refractivity contribution is 5.12. The predicted molar refractivity (Wildman–Crippen MR) is 40.2 cm³/mol. The Labute approximate surface area is 65.0 Å². The van der Waals surface area contributed by atoms with Crippen molar-refractivity contribution in [3.8, 4) is 0 Å². The molecule has 1 aliphatic rings. The summed E-state index contributed by atoms with van der Waals surface area (Å²) in [5.74, 6) is 0. The van der Waals surface area contributed by atoms with Gasteiger partial charge in [-0.05, 0) is 11.6 Å². The van der Waals surface area contributed by atoms with Gasteiger partial charge in [0.05, 0.1) is 18.1 Å². The van der Waals surface area contributed by atoms with Crippen LogP contribution in [0.25, 0.3) is 0 Å². The molecule has 1 fully saturated rings. The van der Waals surface area contributed by atoms with Crippen LogP contribution in [0.1, 0.15) is 5.56 Å². The van der Waals surface area contributed by atoms with Gasteiger partial charge in [-0.1, -0.05) is 0 Å². The Balaban J connectivity index is 2.00. The monoisotopic (exact) mass is 153 g/mol. The van der Waals surface area contributed by atoms with Crippen molar-refractivity contribution in [3.63, 3.8) is 0 Å². The maximum atomic E-state index is 9.68. The van der Waals surface area contributed by atoms with E-state index in [0.717, 1.165) is 5.56 Å². The smallest absolute Gasteiger partial charge is 0.0936 e. The molecule has 2 rings (SSSR count). The van der Waals surface area contributed by atoms with Crippen molar-refractivity contribution in [2.75, 3.05) is 13.1 Å². The Hall–Kier alpha value is -0.800. The number of β-amino-alcohol motifs (C(OH)–C–C–N with tert-alkyl or cyclic N) is 1. The Morgan fingerprint density at radius 2 is 2.45 bits per heavy atom. The second-order valence-electron chi connectivity index (χ2n) is 3.14. The van der Waals surface area contributed by atoms with E-state index >= 15 is 0 Å². The molecule has 0 unspecified atom stereocenters. The summed E-state index contributed by atoms with van der Waals surface area (Å²) < 4.78 is 4.90. The molecule has 3 heteroatoms. The van der Waals surface area contributed by atoms with E-state index < -0.39 is 5.60 Å². The van der Waals surface area contributed by atoms with Crippen molar-refractivity contribution in [1.82, 2.24) is 5.32 Å². The summed E-state index contributed by atoms with van der Waals surface area (Å²) >= 11 is 0. The van der Waals surface area contributed by atoms with Crippen LogP contribution in [0.4, 0.5) is 0 Å². The number of hydrogen-bond acceptors (Lipinski definition) is 3. The highest BCUT2D eigenvalue weighted by Gasteiger charge is 2.34. The van der Waals surface area contributed by atoms with E-state index in [1.807, 2.05) is 6.07 Å². The van der Waals surface area contributed by atoms with E-state index in [2.05, 4.69) is 5.32 Å². The molecule has 0 atom stereocenters. The van der Waals surface area contributed by atoms with Crippen LogP contribution < -0.4 is 5.32 Å². The molecule has 2 heterocycles. The molecule has 0 bridgehead atoms. The van der Waals surface area contributed by atoms with Gasteiger partial charge in [-0.3, -0.25) is 0 Å². The van der Waals surface area contributed by atoms with Gasteiger partial charge in [0.1, 0.15) is 0 Å². The zero-order valence-electron chi connectivity index (χ0n) is 6.21. The molecule has 2 N–H and O–H groups in total. The maximum Gasteiger partial charge on any atom is 0.0936 e. The van der Waals surface area contributed by atoms with Crippen LogP contribution in [-0.2, 0) is 6.42 Å². The Morgan fingerprint density at radius 1 is 1.64 bits per heavy atom. The quantitative estimate of drug-likeness (QED) is 0.636. The summed E-state index contributed by atoms with van der Waals surface area (Å²) in [5.41, 5.74) is 0.540. The van der Waals surface area contributed by atoms with Crippen molar-refractivity contribution in [2.24, 2.45) is 0 Å². The van der Waals surface area contributed by atoms with Crippen molar-refractivity contribution in [1.29, 1.82) is 0 Å². The number of furan rings is 1. The summed E-state index contributed by atoms with van der Waals surface area (Å²) in [5, 5.41) is 12.7. The van der Waals surface area contributed by atoms with Crippen LogP contribution in [0.15, 0.2) is 23.0 Å². The molecule has 60 valence electrons. The zero-order valence-corrected chi connectivity index (χ0v) is 6.21. The fraction of sp³-hybridized carbons (Fsp3) is 0.500. The number of nitrogens with one attached hydrogen (secondary N) is 1. The van der Waals surface area contributed by atoms with Crippen LogP contribution >= 0.6 is 0 Å². The summed E-state index contributed by atoms with van der Waals surface area (Å²) in [6.45, 7) is 1.39. The summed E-state index contributed by atoms with van der Waals surface area (Å²) in [6, 6.07) is 1.89. The SMILES string of the molecule is OC1(Cc2ccoc2)CNC1. The molecule has 1 aromatic heterocycles. The van der Waals surface area contributed by atoms with Gasteiger partial charge in [0.25, 0.3) is 0 Å². The van der Waals surface area contributed by atoms with Gasteiger partial charge >= 0.3 is 0 Å². The molecule has 1 saturated heterocycles. The minimum atomic E-state index is -0.524. The molecule has 11 heavy (non-hydrogen) atoms. The average molecular weight is 153 g/mol. The normalized spacial score (nSPS) is 21.2. The highest BCUT2D eigenvalue weighted by Crippen LogP contribution is 2.17. The van der Waals surface area contributed by atoms with E-state index in [0.29, 0.717) is 19.5 Å². The second-order valence-corrected chi connectivity index (χ2v) is 3.14. The molecular weight excluding hydrogens is 142 g/mol. The predicted octanol–water partition coefficient (Wildman–Crippen LogP) is 0.156. The molecule has 0 aromatic carbocycles. The first-order valence-corrected chi connectivity index (χ1v) is 3.73. The third-order valence-electron chi connectivity index (χ3n) is 2.02. The topological polar surface area (TPSA) is 45.4 Å². The van der Waals surface area contributed by atoms with E-state index in [9.17, 15) is 5.11 Å². The number of aliphatic hydroxyl groups is 1. The van der Waals surface area contributed by atoms with Crippen molar-refractivity contribution in [2.45, 2.75) is 12.0 Å². The largest absolute Gasteiger partial charge is 0.472 e. The van der Waals surface area contributed by atoms with E-state index in [1.165, 1.54) is 0 Å². The molecule has 0 saturated carbocycles. The maximum absolute atomic E-state index is 9.68. The van der Waals surface area contributed by atoms with Gasteiger partial charge in [-0.2, -0.15) is 0 Å². The molecule has 3 nitrogen and oxygen atoms in total. The Morgan fingerprint density at radius 3 is 2.91 bits per heavy atom. The molecule has 1 aliphatic heterocycles. The zero-order chi connectivity index (χ0) is 7.73. The van der Waals surface area contributed by atoms with Crippen LogP contribution in [0.3, 0.4) is 0 Å². The lowest BCUT2D eigenvalue weighted by Gasteiger charge is -2.37. The van der Waals surface area contributed by atoms with Gasteiger partial charge in [-0.25, -0.2) is 0 Å². The first-order chi connectivity index (χ1) is 5.29. The third-order valence-corrected chi connectivity index (χ3v) is 2.02. The van der Waals surface area contributed by atoms with Gasteiger partial charge in [-0.15, -0.1) is 0 Å². The van der Waals surface area contributed by atoms with Crippen molar-refractivity contribution in [3.05, 3.63) is 24.2 Å². The van der Waals surface area contributed by atoms with Crippen LogP contribution in [0.2, 0.25) is 0 Å². The van der Waals surface area contributed by atoms with Gasteiger partial charge < -0.3 is 14.8 Å². The van der Waals surface area contributed by atoms with E-state index in [1.54, 1.807) is 12.5 Å². The van der Waals surface area contributed by atoms with Gasteiger partial charge in [0, 0.05) is 19.5 Å². The lowest BCUT2D eigenvalue weighted by atomic mass is 9.90. The molecule has 0 aliphatic carbocycles. The van der Waals surface area contributed by atoms with Crippen molar-refractivity contribution >= 4 is 0 Å². The summed E-state index contributed by atoms with van der Waals surface area (Å²) in [6.07, 6.45) is 4.00. The number of rotatable bonds is 2. The minimum Gasteiger partial charge on any atom is -0.472 e. The van der Waals surface area contributed by atoms with Crippen LogP contribution in [0, 0.1) is 0 Å². The molecular formula is C8H11NO2. The fourth-order valence-electron chi connectivity index (χ4n) is 1.31. The lowest BCUT2D eigenvalue weighted by Crippen LogP contribution is -2.60. The summed E-state index contributed by atoms with van der Waals surface area (Å²) in [7, 11) is 0. The standard InChI is InChI=1S/C8H11NO2/c10-8(5-9-6-8)3-7-1-2-11-4-7/h1-2,4,9-10H,3,5-6H2. The van der Waals surface area contributed by atoms with Gasteiger partial charge in [0.15, 0.2) is 0 Å². The molecule has 0 spiro atoms. The molecule has 0 radical (unpaired) electrons. The minimum absolute atomic E-state index is 0.524. The highest BCUT2D eigenvalue weighted by atomic mass is 16.3. The van der Waals surface area contributed by atoms with Gasteiger partial charge in [0.2, 0.25) is 0 Å². The Bertz CT molecular complexity index is 226. The lowest BCUT2D eigenvalue weighted by molar-refractivity contribution is -0.00912. The van der Waals surface area contributed by atoms with Crippen LogP contribution in [0.5, 0.6) is 0 Å². The molecule has 1 aromatic rings. The Kier molecular flexibility index (Phi) is 1.47. The number of hydrogen-bond donors (Lipinski definition) is 2. The first-order valence-electron chi connectivity index (χ1n) is 3.73.